The Bertz CT molecular complexity index is 523. The van der Waals surface area contributed by atoms with Crippen LogP contribution in [0.25, 0.3) is 0 Å². The molecule has 0 amide bonds. The number of nitrogens with one attached hydrogen (secondary N) is 1. The number of hydrogen-bond acceptors (Lipinski definition) is 3. The lowest BCUT2D eigenvalue weighted by atomic mass is 9.95. The summed E-state index contributed by atoms with van der Waals surface area (Å²) in [6.07, 6.45) is 0. The third kappa shape index (κ3) is 2.24. The molecule has 0 radical (unpaired) electrons. The van der Waals surface area contributed by atoms with Crippen molar-refractivity contribution < 1.29 is 4.39 Å². The maximum Gasteiger partial charge on any atom is 0.127 e. The molecule has 2 saturated heterocycles. The van der Waals surface area contributed by atoms with Crippen molar-refractivity contribution in [1.29, 1.82) is 5.26 Å². The van der Waals surface area contributed by atoms with E-state index in [4.69, 9.17) is 5.26 Å². The summed E-state index contributed by atoms with van der Waals surface area (Å²) in [5.41, 5.74) is 1.17. The van der Waals surface area contributed by atoms with E-state index in [1.807, 2.05) is 0 Å². The van der Waals surface area contributed by atoms with E-state index in [-0.39, 0.29) is 5.82 Å². The van der Waals surface area contributed by atoms with Gasteiger partial charge in [0, 0.05) is 24.7 Å². The fraction of sp³-hybridized carbons (Fsp3) is 0.533. The second-order valence-electron chi connectivity index (χ2n) is 5.67. The standard InChI is InChI=1S/C15H18FN3/c1-10-14-7-18-6-13(14)9-19(10)8-12-4-11(5-17)2-3-15(12)16/h2-4,10,13-14,18H,6-9H2,1H3. The van der Waals surface area contributed by atoms with Crippen LogP contribution in [0.2, 0.25) is 0 Å². The Labute approximate surface area is 113 Å². The van der Waals surface area contributed by atoms with Crippen molar-refractivity contribution in [2.45, 2.75) is 19.5 Å². The van der Waals surface area contributed by atoms with Crippen LogP contribution in [0.5, 0.6) is 0 Å². The second kappa shape index (κ2) is 4.92. The molecule has 3 nitrogen and oxygen atoms in total. The number of benzene rings is 1. The van der Waals surface area contributed by atoms with E-state index in [0.717, 1.165) is 19.6 Å². The van der Waals surface area contributed by atoms with E-state index in [2.05, 4.69) is 23.2 Å². The van der Waals surface area contributed by atoms with Crippen molar-refractivity contribution in [2.75, 3.05) is 19.6 Å². The Morgan fingerprint density at radius 2 is 2.32 bits per heavy atom. The fourth-order valence-electron chi connectivity index (χ4n) is 3.45. The van der Waals surface area contributed by atoms with E-state index in [9.17, 15) is 4.39 Å². The SMILES string of the molecule is CC1C2CNCC2CN1Cc1cc(C#N)ccc1F. The van der Waals surface area contributed by atoms with E-state index in [1.54, 1.807) is 6.07 Å². The molecule has 2 aliphatic rings. The molecule has 0 spiro atoms. The van der Waals surface area contributed by atoms with Gasteiger partial charge in [0.15, 0.2) is 0 Å². The molecular formula is C15H18FN3. The normalized spacial score (nSPS) is 30.3. The first-order chi connectivity index (χ1) is 9.19. The van der Waals surface area contributed by atoms with Crippen LogP contribution < -0.4 is 5.32 Å². The van der Waals surface area contributed by atoms with E-state index < -0.39 is 0 Å². The number of likely N-dealkylation sites (tertiary alicyclic amines) is 1. The summed E-state index contributed by atoms with van der Waals surface area (Å²) in [6.45, 7) is 6.00. The molecule has 0 bridgehead atoms. The van der Waals surface area contributed by atoms with Crippen LogP contribution in [-0.2, 0) is 6.54 Å². The van der Waals surface area contributed by atoms with Gasteiger partial charge in [-0.05, 0) is 50.0 Å². The Balaban J connectivity index is 1.77. The minimum atomic E-state index is -0.207. The summed E-state index contributed by atoms with van der Waals surface area (Å²) in [5, 5.41) is 12.3. The smallest absolute Gasteiger partial charge is 0.127 e. The summed E-state index contributed by atoms with van der Waals surface area (Å²) >= 11 is 0. The van der Waals surface area contributed by atoms with Crippen molar-refractivity contribution in [2.24, 2.45) is 11.8 Å². The lowest BCUT2D eigenvalue weighted by molar-refractivity contribution is 0.228. The molecule has 100 valence electrons. The van der Waals surface area contributed by atoms with Gasteiger partial charge in [0.2, 0.25) is 0 Å². The lowest BCUT2D eigenvalue weighted by Crippen LogP contribution is -2.33. The first-order valence-corrected chi connectivity index (χ1v) is 6.82. The molecule has 2 fully saturated rings. The first kappa shape index (κ1) is 12.6. The highest BCUT2D eigenvalue weighted by atomic mass is 19.1. The number of halogens is 1. The number of fused-ring (bicyclic) bond motifs is 1. The zero-order valence-electron chi connectivity index (χ0n) is 11.1. The average molecular weight is 259 g/mol. The van der Waals surface area contributed by atoms with Crippen molar-refractivity contribution in [3.8, 4) is 6.07 Å². The molecule has 1 aromatic carbocycles. The molecular weight excluding hydrogens is 241 g/mol. The van der Waals surface area contributed by atoms with Gasteiger partial charge in [0.1, 0.15) is 5.82 Å². The molecule has 19 heavy (non-hydrogen) atoms. The van der Waals surface area contributed by atoms with Gasteiger partial charge in [0.25, 0.3) is 0 Å². The van der Waals surface area contributed by atoms with Crippen molar-refractivity contribution in [1.82, 2.24) is 10.2 Å². The van der Waals surface area contributed by atoms with Crippen LogP contribution in [0, 0.1) is 29.0 Å². The predicted octanol–water partition coefficient (Wildman–Crippen LogP) is 1.74. The Kier molecular flexibility index (Phi) is 3.26. The summed E-state index contributed by atoms with van der Waals surface area (Å²) in [4.78, 5) is 2.34. The molecule has 3 unspecified atom stereocenters. The first-order valence-electron chi connectivity index (χ1n) is 6.82. The van der Waals surface area contributed by atoms with Gasteiger partial charge in [0.05, 0.1) is 11.6 Å². The van der Waals surface area contributed by atoms with Crippen LogP contribution in [0.1, 0.15) is 18.1 Å². The van der Waals surface area contributed by atoms with Gasteiger partial charge in [-0.3, -0.25) is 4.90 Å². The molecule has 0 saturated carbocycles. The summed E-state index contributed by atoms with van der Waals surface area (Å²) < 4.78 is 13.8. The summed E-state index contributed by atoms with van der Waals surface area (Å²) in [6, 6.07) is 7.16. The predicted molar refractivity (Wildman–Crippen MR) is 70.8 cm³/mol. The molecule has 0 aliphatic carbocycles. The lowest BCUT2D eigenvalue weighted by Gasteiger charge is -2.24. The molecule has 2 aliphatic heterocycles. The molecule has 4 heteroatoms. The fourth-order valence-corrected chi connectivity index (χ4v) is 3.45. The van der Waals surface area contributed by atoms with Crippen LogP contribution in [0.3, 0.4) is 0 Å². The maximum absolute atomic E-state index is 13.8. The van der Waals surface area contributed by atoms with Gasteiger partial charge in [-0.25, -0.2) is 4.39 Å². The van der Waals surface area contributed by atoms with E-state index in [0.29, 0.717) is 35.5 Å². The van der Waals surface area contributed by atoms with Crippen molar-refractivity contribution in [3.05, 3.63) is 35.1 Å². The van der Waals surface area contributed by atoms with Gasteiger partial charge >= 0.3 is 0 Å². The molecule has 2 heterocycles. The third-order valence-electron chi connectivity index (χ3n) is 4.60. The van der Waals surface area contributed by atoms with Gasteiger partial charge < -0.3 is 5.32 Å². The molecule has 1 aromatic rings. The van der Waals surface area contributed by atoms with Gasteiger partial charge in [-0.2, -0.15) is 5.26 Å². The highest BCUT2D eigenvalue weighted by Crippen LogP contribution is 2.33. The van der Waals surface area contributed by atoms with Crippen LogP contribution in [0.4, 0.5) is 4.39 Å². The number of hydrogen-bond donors (Lipinski definition) is 1. The third-order valence-corrected chi connectivity index (χ3v) is 4.60. The van der Waals surface area contributed by atoms with E-state index in [1.165, 1.54) is 12.1 Å². The minimum absolute atomic E-state index is 0.207. The zero-order valence-corrected chi connectivity index (χ0v) is 11.1. The maximum atomic E-state index is 13.8. The monoisotopic (exact) mass is 259 g/mol. The van der Waals surface area contributed by atoms with E-state index >= 15 is 0 Å². The summed E-state index contributed by atoms with van der Waals surface area (Å²) in [5.74, 6) is 1.17. The Morgan fingerprint density at radius 1 is 1.47 bits per heavy atom. The highest BCUT2D eigenvalue weighted by molar-refractivity contribution is 5.33. The zero-order chi connectivity index (χ0) is 13.4. The van der Waals surface area contributed by atoms with Gasteiger partial charge in [-0.15, -0.1) is 0 Å². The molecule has 3 rings (SSSR count). The van der Waals surface area contributed by atoms with Crippen LogP contribution >= 0.6 is 0 Å². The van der Waals surface area contributed by atoms with Crippen molar-refractivity contribution >= 4 is 0 Å². The number of rotatable bonds is 2. The van der Waals surface area contributed by atoms with Crippen LogP contribution in [0.15, 0.2) is 18.2 Å². The molecule has 0 aromatic heterocycles. The number of nitrogens with zero attached hydrogens (tertiary/aromatic N) is 2. The summed E-state index contributed by atoms with van der Waals surface area (Å²) in [7, 11) is 0. The Morgan fingerprint density at radius 3 is 3.05 bits per heavy atom. The Hall–Kier alpha value is -1.44. The number of nitriles is 1. The minimum Gasteiger partial charge on any atom is -0.316 e. The highest BCUT2D eigenvalue weighted by Gasteiger charge is 2.41. The van der Waals surface area contributed by atoms with Crippen molar-refractivity contribution in [3.63, 3.8) is 0 Å². The molecule has 1 N–H and O–H groups in total. The topological polar surface area (TPSA) is 39.1 Å². The quantitative estimate of drug-likeness (QED) is 0.879. The second-order valence-corrected chi connectivity index (χ2v) is 5.67. The average Bonchev–Trinajstić information content (AvgIpc) is 2.97. The van der Waals surface area contributed by atoms with Gasteiger partial charge in [-0.1, -0.05) is 0 Å². The largest absolute Gasteiger partial charge is 0.316 e. The molecule has 3 atom stereocenters. The van der Waals surface area contributed by atoms with Crippen LogP contribution in [-0.4, -0.2) is 30.6 Å².